The molecule has 1 fully saturated rings. The van der Waals surface area contributed by atoms with Gasteiger partial charge in [0.15, 0.2) is 5.13 Å². The second-order valence-electron chi connectivity index (χ2n) is 8.29. The first-order valence-corrected chi connectivity index (χ1v) is 13.8. The summed E-state index contributed by atoms with van der Waals surface area (Å²) in [5, 5.41) is 0.436. The Kier molecular flexibility index (Phi) is 6.78. The molecule has 2 aromatic heterocycles. The molecule has 1 aliphatic rings. The molecule has 0 bridgehead atoms. The Balaban J connectivity index is 1.50. The van der Waals surface area contributed by atoms with Crippen LogP contribution in [0.15, 0.2) is 70.2 Å². The van der Waals surface area contributed by atoms with E-state index in [9.17, 15) is 17.6 Å². The van der Waals surface area contributed by atoms with Gasteiger partial charge in [-0.1, -0.05) is 11.3 Å². The molecular formula is C25H24FN3O5S2. The average Bonchev–Trinajstić information content (AvgIpc) is 3.63. The highest BCUT2D eigenvalue weighted by Gasteiger charge is 2.42. The molecule has 3 heterocycles. The van der Waals surface area contributed by atoms with Crippen molar-refractivity contribution >= 4 is 42.6 Å². The molecule has 0 radical (unpaired) electrons. The van der Waals surface area contributed by atoms with E-state index in [0.29, 0.717) is 41.6 Å². The van der Waals surface area contributed by atoms with Gasteiger partial charge in [0.2, 0.25) is 15.9 Å². The van der Waals surface area contributed by atoms with E-state index in [-0.39, 0.29) is 18.0 Å². The number of thiazole rings is 1. The van der Waals surface area contributed by atoms with E-state index < -0.39 is 27.8 Å². The van der Waals surface area contributed by atoms with Crippen LogP contribution in [-0.4, -0.2) is 42.8 Å². The lowest BCUT2D eigenvalue weighted by Crippen LogP contribution is -2.47. The number of fused-ring (bicyclic) bond motifs is 1. The maximum absolute atomic E-state index is 13.9. The molecule has 8 nitrogen and oxygen atoms in total. The second kappa shape index (κ2) is 10.00. The number of anilines is 1. The van der Waals surface area contributed by atoms with Gasteiger partial charge in [0.05, 0.1) is 34.5 Å². The normalized spacial score (nSPS) is 16.4. The van der Waals surface area contributed by atoms with Crippen molar-refractivity contribution < 1.29 is 26.8 Å². The van der Waals surface area contributed by atoms with E-state index in [1.807, 2.05) is 25.1 Å². The number of carbonyl (C=O) groups is 1. The number of rotatable bonds is 8. The van der Waals surface area contributed by atoms with E-state index >= 15 is 0 Å². The first kappa shape index (κ1) is 24.4. The van der Waals surface area contributed by atoms with Crippen LogP contribution in [0.4, 0.5) is 9.52 Å². The van der Waals surface area contributed by atoms with Gasteiger partial charge in [-0.25, -0.2) is 17.8 Å². The Hall–Kier alpha value is -3.28. The number of amides is 1. The Morgan fingerprint density at radius 3 is 2.78 bits per heavy atom. The third-order valence-electron chi connectivity index (χ3n) is 5.96. The lowest BCUT2D eigenvalue weighted by molar-refractivity contribution is -0.121. The minimum atomic E-state index is -4.00. The van der Waals surface area contributed by atoms with E-state index in [4.69, 9.17) is 9.15 Å². The zero-order chi connectivity index (χ0) is 25.3. The fourth-order valence-corrected chi connectivity index (χ4v) is 6.91. The molecule has 0 N–H and O–H groups in total. The summed E-state index contributed by atoms with van der Waals surface area (Å²) < 4.78 is 53.3. The van der Waals surface area contributed by atoms with Crippen molar-refractivity contribution in [1.29, 1.82) is 0 Å². The van der Waals surface area contributed by atoms with Crippen LogP contribution in [0.1, 0.15) is 25.5 Å². The van der Waals surface area contributed by atoms with Crippen molar-refractivity contribution in [2.45, 2.75) is 37.2 Å². The molecule has 36 heavy (non-hydrogen) atoms. The van der Waals surface area contributed by atoms with Crippen LogP contribution in [0.3, 0.4) is 0 Å². The Morgan fingerprint density at radius 2 is 2.06 bits per heavy atom. The number of ether oxygens (including phenoxy) is 1. The number of halogens is 1. The van der Waals surface area contributed by atoms with Gasteiger partial charge in [-0.15, -0.1) is 0 Å². The Bertz CT molecular complexity index is 1470. The highest BCUT2D eigenvalue weighted by molar-refractivity contribution is 7.89. The lowest BCUT2D eigenvalue weighted by atomic mass is 10.2. The van der Waals surface area contributed by atoms with Crippen LogP contribution in [-0.2, 0) is 21.4 Å². The fraction of sp³-hybridized carbons (Fsp3) is 0.280. The SMILES string of the molecule is CCOc1ccc2nc(N(Cc3ccco3)C(=O)C3CCCN3S(=O)(=O)c3ccc(F)cc3)sc2c1. The summed E-state index contributed by atoms with van der Waals surface area (Å²) in [6.45, 7) is 2.73. The molecule has 11 heteroatoms. The summed E-state index contributed by atoms with van der Waals surface area (Å²) in [5.41, 5.74) is 0.706. The van der Waals surface area contributed by atoms with Crippen LogP contribution in [0.25, 0.3) is 10.2 Å². The minimum absolute atomic E-state index is 0.0513. The first-order chi connectivity index (χ1) is 17.4. The summed E-state index contributed by atoms with van der Waals surface area (Å²) in [7, 11) is -4.00. The minimum Gasteiger partial charge on any atom is -0.494 e. The quantitative estimate of drug-likeness (QED) is 0.325. The van der Waals surface area contributed by atoms with Crippen molar-refractivity contribution in [3.8, 4) is 5.75 Å². The smallest absolute Gasteiger partial charge is 0.247 e. The molecule has 188 valence electrons. The number of furan rings is 1. The maximum atomic E-state index is 13.9. The molecule has 0 saturated carbocycles. The van der Waals surface area contributed by atoms with Crippen LogP contribution in [0.5, 0.6) is 5.75 Å². The van der Waals surface area contributed by atoms with Crippen molar-refractivity contribution in [3.05, 3.63) is 72.4 Å². The molecule has 0 aliphatic carbocycles. The lowest BCUT2D eigenvalue weighted by Gasteiger charge is -2.28. The van der Waals surface area contributed by atoms with Gasteiger partial charge in [-0.05, 0) is 74.4 Å². The fourth-order valence-electron chi connectivity index (χ4n) is 4.26. The molecule has 1 amide bonds. The summed E-state index contributed by atoms with van der Waals surface area (Å²) in [6.07, 6.45) is 2.42. The van der Waals surface area contributed by atoms with Gasteiger partial charge in [0.25, 0.3) is 0 Å². The van der Waals surface area contributed by atoms with E-state index in [0.717, 1.165) is 16.8 Å². The van der Waals surface area contributed by atoms with Crippen molar-refractivity contribution in [2.75, 3.05) is 18.1 Å². The molecule has 1 atom stereocenters. The predicted molar refractivity (Wildman–Crippen MR) is 134 cm³/mol. The maximum Gasteiger partial charge on any atom is 0.247 e. The molecule has 0 spiro atoms. The largest absolute Gasteiger partial charge is 0.494 e. The van der Waals surface area contributed by atoms with E-state index in [1.54, 1.807) is 12.1 Å². The van der Waals surface area contributed by atoms with Crippen molar-refractivity contribution in [3.63, 3.8) is 0 Å². The highest BCUT2D eigenvalue weighted by atomic mass is 32.2. The van der Waals surface area contributed by atoms with Crippen LogP contribution >= 0.6 is 11.3 Å². The number of sulfonamides is 1. The number of hydrogen-bond acceptors (Lipinski definition) is 7. The zero-order valence-electron chi connectivity index (χ0n) is 19.5. The Morgan fingerprint density at radius 1 is 1.25 bits per heavy atom. The van der Waals surface area contributed by atoms with Gasteiger partial charge < -0.3 is 9.15 Å². The summed E-state index contributed by atoms with van der Waals surface area (Å²) in [5.74, 6) is 0.328. The van der Waals surface area contributed by atoms with E-state index in [1.165, 1.54) is 38.9 Å². The topological polar surface area (TPSA) is 92.9 Å². The van der Waals surface area contributed by atoms with Crippen LogP contribution in [0, 0.1) is 5.82 Å². The monoisotopic (exact) mass is 529 g/mol. The third-order valence-corrected chi connectivity index (χ3v) is 8.92. The number of benzene rings is 2. The standard InChI is InChI=1S/C25H24FN3O5S2/c1-2-33-18-9-12-21-23(15-18)35-25(27-21)28(16-19-5-4-14-34-19)24(30)22-6-3-13-29(22)36(31,32)20-10-7-17(26)8-11-20/h4-5,7-12,14-15,22H,2-3,6,13,16H2,1H3. The third kappa shape index (κ3) is 4.73. The molecule has 5 rings (SSSR count). The Labute approximate surface area is 212 Å². The highest BCUT2D eigenvalue weighted by Crippen LogP contribution is 2.35. The van der Waals surface area contributed by atoms with Gasteiger partial charge in [0.1, 0.15) is 23.4 Å². The van der Waals surface area contributed by atoms with E-state index in [2.05, 4.69) is 4.98 Å². The molecule has 2 aromatic carbocycles. The molecule has 1 unspecified atom stereocenters. The number of aromatic nitrogens is 1. The summed E-state index contributed by atoms with van der Waals surface area (Å²) >= 11 is 1.32. The van der Waals surface area contributed by atoms with Crippen LogP contribution in [0.2, 0.25) is 0 Å². The zero-order valence-corrected chi connectivity index (χ0v) is 21.1. The molecule has 1 aliphatic heterocycles. The van der Waals surface area contributed by atoms with Gasteiger partial charge >= 0.3 is 0 Å². The average molecular weight is 530 g/mol. The molecular weight excluding hydrogens is 505 g/mol. The van der Waals surface area contributed by atoms with Gasteiger partial charge in [-0.2, -0.15) is 4.31 Å². The van der Waals surface area contributed by atoms with Crippen molar-refractivity contribution in [2.24, 2.45) is 0 Å². The molecule has 1 saturated heterocycles. The second-order valence-corrected chi connectivity index (χ2v) is 11.2. The van der Waals surface area contributed by atoms with Crippen LogP contribution < -0.4 is 9.64 Å². The number of hydrogen-bond donors (Lipinski definition) is 0. The van der Waals surface area contributed by atoms with Gasteiger partial charge in [0, 0.05) is 6.54 Å². The van der Waals surface area contributed by atoms with Crippen molar-refractivity contribution in [1.82, 2.24) is 9.29 Å². The summed E-state index contributed by atoms with van der Waals surface area (Å²) in [4.78, 5) is 20.0. The summed E-state index contributed by atoms with van der Waals surface area (Å²) in [6, 6.07) is 12.7. The predicted octanol–water partition coefficient (Wildman–Crippen LogP) is 4.81. The molecule has 4 aromatic rings. The first-order valence-electron chi connectivity index (χ1n) is 11.5. The van der Waals surface area contributed by atoms with Gasteiger partial charge in [-0.3, -0.25) is 9.69 Å². The number of carbonyl (C=O) groups excluding carboxylic acids is 1. The number of nitrogens with zero attached hydrogens (tertiary/aromatic N) is 3.